The molecule has 0 saturated heterocycles. The Labute approximate surface area is 127 Å². The Balaban J connectivity index is 2.04. The van der Waals surface area contributed by atoms with Crippen LogP contribution in [0.5, 0.6) is 5.88 Å². The number of hydrogen-bond acceptors (Lipinski definition) is 3. The Morgan fingerprint density at radius 2 is 2.00 bits per heavy atom. The highest BCUT2D eigenvalue weighted by molar-refractivity contribution is 5.82. The first-order valence-corrected chi connectivity index (χ1v) is 7.90. The van der Waals surface area contributed by atoms with Crippen molar-refractivity contribution < 1.29 is 9.84 Å². The van der Waals surface area contributed by atoms with E-state index >= 15 is 0 Å². The minimum Gasteiger partial charge on any atom is -0.475 e. The molecule has 0 fully saturated rings. The molecule has 21 heavy (non-hydrogen) atoms. The lowest BCUT2D eigenvalue weighted by Gasteiger charge is -2.15. The van der Waals surface area contributed by atoms with E-state index in [0.717, 1.165) is 22.9 Å². The first kappa shape index (κ1) is 15.8. The van der Waals surface area contributed by atoms with Crippen LogP contribution in [-0.2, 0) is 6.61 Å². The predicted octanol–water partition coefficient (Wildman–Crippen LogP) is 4.46. The van der Waals surface area contributed by atoms with E-state index < -0.39 is 0 Å². The number of para-hydroxylation sites is 1. The summed E-state index contributed by atoms with van der Waals surface area (Å²) in [5.41, 5.74) is 1.74. The van der Waals surface area contributed by atoms with Crippen molar-refractivity contribution in [2.24, 2.45) is 0 Å². The van der Waals surface area contributed by atoms with Gasteiger partial charge in [0.1, 0.15) is 0 Å². The van der Waals surface area contributed by atoms with Crippen LogP contribution in [0.4, 0.5) is 0 Å². The highest BCUT2D eigenvalue weighted by Gasteiger charge is 2.09. The molecule has 0 aliphatic rings. The summed E-state index contributed by atoms with van der Waals surface area (Å²) in [5, 5.41) is 10.5. The smallest absolute Gasteiger partial charge is 0.214 e. The Morgan fingerprint density at radius 1 is 1.19 bits per heavy atom. The molecule has 0 aliphatic carbocycles. The maximum absolute atomic E-state index is 9.51. The molecule has 0 saturated carbocycles. The van der Waals surface area contributed by atoms with Crippen LogP contribution < -0.4 is 4.74 Å². The second kappa shape index (κ2) is 7.99. The summed E-state index contributed by atoms with van der Waals surface area (Å²) < 4.78 is 5.92. The standard InChI is InChI=1S/C18H25NO2/c1-3-4-5-6-9-14(2)21-18-12-15(13-20)16-10-7-8-11-17(16)19-18/h7-8,10-12,14,20H,3-6,9,13H2,1-2H3. The molecule has 1 N–H and O–H groups in total. The molecule has 1 aromatic carbocycles. The Bertz CT molecular complexity index is 568. The predicted molar refractivity (Wildman–Crippen MR) is 86.5 cm³/mol. The second-order valence-electron chi connectivity index (χ2n) is 5.57. The van der Waals surface area contributed by atoms with Crippen LogP contribution in [0.15, 0.2) is 30.3 Å². The molecule has 0 aliphatic heterocycles. The fourth-order valence-electron chi connectivity index (χ4n) is 2.54. The quantitative estimate of drug-likeness (QED) is 0.729. The van der Waals surface area contributed by atoms with Gasteiger partial charge in [0.25, 0.3) is 0 Å². The Kier molecular flexibility index (Phi) is 6.00. The summed E-state index contributed by atoms with van der Waals surface area (Å²) in [4.78, 5) is 4.53. The maximum atomic E-state index is 9.51. The third-order valence-corrected chi connectivity index (χ3v) is 3.73. The number of pyridine rings is 1. The van der Waals surface area contributed by atoms with E-state index in [2.05, 4.69) is 18.8 Å². The van der Waals surface area contributed by atoms with Crippen molar-refractivity contribution >= 4 is 10.9 Å². The van der Waals surface area contributed by atoms with Crippen LogP contribution in [0, 0.1) is 0 Å². The molecule has 0 amide bonds. The summed E-state index contributed by atoms with van der Waals surface area (Å²) in [6.07, 6.45) is 6.19. The molecule has 3 nitrogen and oxygen atoms in total. The molecule has 0 spiro atoms. The van der Waals surface area contributed by atoms with Gasteiger partial charge in [-0.15, -0.1) is 0 Å². The number of ether oxygens (including phenoxy) is 1. The van der Waals surface area contributed by atoms with Crippen molar-refractivity contribution in [3.63, 3.8) is 0 Å². The van der Waals surface area contributed by atoms with Crippen LogP contribution in [0.1, 0.15) is 51.5 Å². The van der Waals surface area contributed by atoms with Gasteiger partial charge in [-0.3, -0.25) is 0 Å². The summed E-state index contributed by atoms with van der Waals surface area (Å²) in [7, 11) is 0. The average molecular weight is 287 g/mol. The van der Waals surface area contributed by atoms with E-state index in [1.54, 1.807) is 0 Å². The van der Waals surface area contributed by atoms with E-state index in [-0.39, 0.29) is 12.7 Å². The van der Waals surface area contributed by atoms with Crippen molar-refractivity contribution in [3.05, 3.63) is 35.9 Å². The van der Waals surface area contributed by atoms with Crippen LogP contribution in [-0.4, -0.2) is 16.2 Å². The normalized spacial score (nSPS) is 12.5. The largest absolute Gasteiger partial charge is 0.475 e. The van der Waals surface area contributed by atoms with Gasteiger partial charge >= 0.3 is 0 Å². The Hall–Kier alpha value is -1.61. The lowest BCUT2D eigenvalue weighted by atomic mass is 10.1. The number of hydrogen-bond donors (Lipinski definition) is 1. The first-order chi connectivity index (χ1) is 10.2. The number of fused-ring (bicyclic) bond motifs is 1. The number of benzene rings is 1. The molecular weight excluding hydrogens is 262 g/mol. The molecule has 0 bridgehead atoms. The zero-order valence-corrected chi connectivity index (χ0v) is 13.0. The molecule has 1 atom stereocenters. The van der Waals surface area contributed by atoms with E-state index in [1.165, 1.54) is 25.7 Å². The molecule has 2 aromatic rings. The lowest BCUT2D eigenvalue weighted by Crippen LogP contribution is -2.12. The van der Waals surface area contributed by atoms with Gasteiger partial charge in [-0.2, -0.15) is 0 Å². The van der Waals surface area contributed by atoms with Crippen LogP contribution in [0.2, 0.25) is 0 Å². The minimum atomic E-state index is 0.00424. The number of unbranched alkanes of at least 4 members (excludes halogenated alkanes) is 3. The lowest BCUT2D eigenvalue weighted by molar-refractivity contribution is 0.198. The van der Waals surface area contributed by atoms with Crippen LogP contribution in [0.25, 0.3) is 10.9 Å². The fraction of sp³-hybridized carbons (Fsp3) is 0.500. The highest BCUT2D eigenvalue weighted by Crippen LogP contribution is 2.23. The number of aromatic nitrogens is 1. The van der Waals surface area contributed by atoms with Crippen molar-refractivity contribution in [1.82, 2.24) is 4.98 Å². The van der Waals surface area contributed by atoms with Gasteiger partial charge in [0.05, 0.1) is 18.2 Å². The zero-order chi connectivity index (χ0) is 15.1. The first-order valence-electron chi connectivity index (χ1n) is 7.90. The summed E-state index contributed by atoms with van der Waals surface area (Å²) in [6, 6.07) is 9.69. The number of nitrogens with zero attached hydrogens (tertiary/aromatic N) is 1. The molecular formula is C18H25NO2. The fourth-order valence-corrected chi connectivity index (χ4v) is 2.54. The van der Waals surface area contributed by atoms with Gasteiger partial charge < -0.3 is 9.84 Å². The van der Waals surface area contributed by atoms with Gasteiger partial charge in [-0.1, -0.05) is 44.4 Å². The summed E-state index contributed by atoms with van der Waals surface area (Å²) >= 11 is 0. The summed E-state index contributed by atoms with van der Waals surface area (Å²) in [6.45, 7) is 4.31. The topological polar surface area (TPSA) is 42.4 Å². The van der Waals surface area contributed by atoms with Gasteiger partial charge in [-0.25, -0.2) is 4.98 Å². The summed E-state index contributed by atoms with van der Waals surface area (Å²) in [5.74, 6) is 0.612. The van der Waals surface area contributed by atoms with Gasteiger partial charge in [0, 0.05) is 11.5 Å². The van der Waals surface area contributed by atoms with Crippen molar-refractivity contribution in [1.29, 1.82) is 0 Å². The zero-order valence-electron chi connectivity index (χ0n) is 13.0. The number of rotatable bonds is 8. The molecule has 2 rings (SSSR count). The molecule has 0 radical (unpaired) electrons. The molecule has 1 unspecified atom stereocenters. The third-order valence-electron chi connectivity index (χ3n) is 3.73. The van der Waals surface area contributed by atoms with E-state index in [0.29, 0.717) is 5.88 Å². The minimum absolute atomic E-state index is 0.00424. The van der Waals surface area contributed by atoms with Crippen molar-refractivity contribution in [2.75, 3.05) is 0 Å². The third kappa shape index (κ3) is 4.43. The highest BCUT2D eigenvalue weighted by atomic mass is 16.5. The van der Waals surface area contributed by atoms with E-state index in [9.17, 15) is 5.11 Å². The van der Waals surface area contributed by atoms with Crippen LogP contribution >= 0.6 is 0 Å². The van der Waals surface area contributed by atoms with Gasteiger partial charge in [0.15, 0.2) is 0 Å². The molecule has 114 valence electrons. The van der Waals surface area contributed by atoms with Crippen molar-refractivity contribution in [3.8, 4) is 5.88 Å². The SMILES string of the molecule is CCCCCCC(C)Oc1cc(CO)c2ccccc2n1. The number of aliphatic hydroxyl groups excluding tert-OH is 1. The molecule has 1 heterocycles. The Morgan fingerprint density at radius 3 is 2.76 bits per heavy atom. The second-order valence-corrected chi connectivity index (χ2v) is 5.57. The van der Waals surface area contributed by atoms with Crippen LogP contribution in [0.3, 0.4) is 0 Å². The van der Waals surface area contributed by atoms with Gasteiger partial charge in [0.2, 0.25) is 5.88 Å². The average Bonchev–Trinajstić information content (AvgIpc) is 2.50. The molecule has 3 heteroatoms. The van der Waals surface area contributed by atoms with E-state index in [4.69, 9.17) is 4.74 Å². The van der Waals surface area contributed by atoms with Crippen molar-refractivity contribution in [2.45, 2.75) is 58.7 Å². The van der Waals surface area contributed by atoms with Gasteiger partial charge in [-0.05, 0) is 31.4 Å². The van der Waals surface area contributed by atoms with E-state index in [1.807, 2.05) is 30.3 Å². The molecule has 1 aromatic heterocycles. The monoisotopic (exact) mass is 287 g/mol. The number of aliphatic hydroxyl groups is 1. The maximum Gasteiger partial charge on any atom is 0.214 e.